The lowest BCUT2D eigenvalue weighted by Crippen LogP contribution is -2.52. The van der Waals surface area contributed by atoms with Gasteiger partial charge in [-0.05, 0) is 39.2 Å². The van der Waals surface area contributed by atoms with Crippen molar-refractivity contribution in [2.45, 2.75) is 59.0 Å². The maximum absolute atomic E-state index is 12.0. The summed E-state index contributed by atoms with van der Waals surface area (Å²) in [6, 6.07) is 0. The highest BCUT2D eigenvalue weighted by Crippen LogP contribution is 2.09. The summed E-state index contributed by atoms with van der Waals surface area (Å²) < 4.78 is 0. The van der Waals surface area contributed by atoms with Crippen LogP contribution in [-0.4, -0.2) is 54.6 Å². The Bertz CT molecular complexity index is 455. The van der Waals surface area contributed by atoms with Crippen molar-refractivity contribution in [2.24, 2.45) is 28.1 Å². The lowest BCUT2D eigenvalue weighted by molar-refractivity contribution is -0.123. The first-order valence-electron chi connectivity index (χ1n) is 9.15. The summed E-state index contributed by atoms with van der Waals surface area (Å²) in [5.74, 6) is 0.201. The van der Waals surface area contributed by atoms with Gasteiger partial charge in [-0.1, -0.05) is 13.8 Å². The van der Waals surface area contributed by atoms with Gasteiger partial charge in [-0.15, -0.1) is 0 Å². The zero-order valence-corrected chi connectivity index (χ0v) is 16.7. The van der Waals surface area contributed by atoms with E-state index in [2.05, 4.69) is 20.5 Å². The van der Waals surface area contributed by atoms with E-state index in [-0.39, 0.29) is 30.4 Å². The minimum Gasteiger partial charge on any atom is -0.370 e. The first-order valence-corrected chi connectivity index (χ1v) is 9.15. The van der Waals surface area contributed by atoms with Crippen LogP contribution in [0, 0.1) is 5.92 Å². The maximum Gasteiger partial charge on any atom is 0.222 e. The number of nitrogens with one attached hydrogen (secondary N) is 2. The summed E-state index contributed by atoms with van der Waals surface area (Å²) in [5, 5.41) is 5.38. The van der Waals surface area contributed by atoms with Crippen molar-refractivity contribution < 1.29 is 9.59 Å². The number of amides is 2. The fourth-order valence-corrected chi connectivity index (χ4v) is 2.32. The molecule has 0 aliphatic heterocycles. The van der Waals surface area contributed by atoms with Crippen molar-refractivity contribution in [3.05, 3.63) is 0 Å². The molecule has 0 rings (SSSR count). The van der Waals surface area contributed by atoms with Gasteiger partial charge in [0.1, 0.15) is 0 Å². The van der Waals surface area contributed by atoms with Crippen molar-refractivity contribution in [1.82, 2.24) is 15.5 Å². The lowest BCUT2D eigenvalue weighted by atomic mass is 10.1. The van der Waals surface area contributed by atoms with Crippen LogP contribution < -0.4 is 27.8 Å². The first-order chi connectivity index (χ1) is 12.0. The quantitative estimate of drug-likeness (QED) is 0.129. The molecule has 0 radical (unpaired) electrons. The predicted molar refractivity (Wildman–Crippen MR) is 105 cm³/mol. The Morgan fingerprint density at radius 2 is 1.69 bits per heavy atom. The van der Waals surface area contributed by atoms with E-state index in [1.807, 2.05) is 27.7 Å². The molecule has 0 fully saturated rings. The van der Waals surface area contributed by atoms with Crippen molar-refractivity contribution in [3.63, 3.8) is 0 Å². The summed E-state index contributed by atoms with van der Waals surface area (Å²) in [6.45, 7) is 9.78. The van der Waals surface area contributed by atoms with Gasteiger partial charge in [-0.2, -0.15) is 0 Å². The lowest BCUT2D eigenvalue weighted by Gasteiger charge is -2.35. The van der Waals surface area contributed by atoms with Gasteiger partial charge >= 0.3 is 0 Å². The molecule has 152 valence electrons. The van der Waals surface area contributed by atoms with Crippen molar-refractivity contribution in [3.8, 4) is 0 Å². The second-order valence-electron chi connectivity index (χ2n) is 7.38. The Hall–Kier alpha value is -1.87. The monoisotopic (exact) mass is 371 g/mol. The second kappa shape index (κ2) is 12.5. The molecule has 0 atom stereocenters. The van der Waals surface area contributed by atoms with E-state index in [0.29, 0.717) is 25.9 Å². The number of carbonyl (C=O) groups is 2. The van der Waals surface area contributed by atoms with Crippen LogP contribution in [0.2, 0.25) is 0 Å². The average Bonchev–Trinajstić information content (AvgIpc) is 2.47. The fourth-order valence-electron chi connectivity index (χ4n) is 2.32. The molecule has 8 N–H and O–H groups in total. The third-order valence-corrected chi connectivity index (χ3v) is 3.72. The van der Waals surface area contributed by atoms with Crippen LogP contribution >= 0.6 is 0 Å². The standard InChI is InChI=1S/C17H37N7O2/c1-13(2)11-15(26)23-12-22-14(25)7-10-24(17(3,4)20)9-6-5-8-21-16(18)19/h13H,5-12,20H2,1-4H3,(H,22,25)(H,23,26)(H4,18,19,21). The van der Waals surface area contributed by atoms with Gasteiger partial charge in [0.05, 0.1) is 12.3 Å². The molecule has 0 aromatic heterocycles. The van der Waals surface area contributed by atoms with Gasteiger partial charge in [0.2, 0.25) is 11.8 Å². The van der Waals surface area contributed by atoms with E-state index >= 15 is 0 Å². The number of rotatable bonds is 13. The molecule has 0 saturated carbocycles. The van der Waals surface area contributed by atoms with E-state index in [1.165, 1.54) is 0 Å². The normalized spacial score (nSPS) is 11.5. The smallest absolute Gasteiger partial charge is 0.222 e. The van der Waals surface area contributed by atoms with Crippen molar-refractivity contribution in [2.75, 3.05) is 26.3 Å². The summed E-state index contributed by atoms with van der Waals surface area (Å²) in [7, 11) is 0. The Kier molecular flexibility index (Phi) is 11.6. The Morgan fingerprint density at radius 3 is 2.23 bits per heavy atom. The van der Waals surface area contributed by atoms with E-state index in [9.17, 15) is 9.59 Å². The van der Waals surface area contributed by atoms with Crippen LogP contribution in [0.15, 0.2) is 4.99 Å². The molecule has 0 spiro atoms. The zero-order valence-electron chi connectivity index (χ0n) is 16.7. The fraction of sp³-hybridized carbons (Fsp3) is 0.824. The summed E-state index contributed by atoms with van der Waals surface area (Å²) in [4.78, 5) is 29.5. The van der Waals surface area contributed by atoms with Crippen molar-refractivity contribution >= 4 is 17.8 Å². The third kappa shape index (κ3) is 13.4. The Balaban J connectivity index is 4.14. The van der Waals surface area contributed by atoms with E-state index < -0.39 is 5.66 Å². The molecule has 0 aliphatic rings. The van der Waals surface area contributed by atoms with Gasteiger partial charge < -0.3 is 27.8 Å². The van der Waals surface area contributed by atoms with Gasteiger partial charge in [0, 0.05) is 25.9 Å². The Morgan fingerprint density at radius 1 is 1.08 bits per heavy atom. The number of nitrogens with zero attached hydrogens (tertiary/aromatic N) is 2. The van der Waals surface area contributed by atoms with E-state index in [0.717, 1.165) is 19.4 Å². The minimum absolute atomic E-state index is 0.0641. The molecule has 9 nitrogen and oxygen atoms in total. The number of nitrogens with two attached hydrogens (primary N) is 3. The number of aliphatic imine (C=N–C) groups is 1. The zero-order chi connectivity index (χ0) is 20.2. The molecule has 0 aromatic carbocycles. The second-order valence-corrected chi connectivity index (χ2v) is 7.38. The highest BCUT2D eigenvalue weighted by atomic mass is 16.2. The first kappa shape index (κ1) is 24.1. The van der Waals surface area contributed by atoms with Gasteiger partial charge in [0.25, 0.3) is 0 Å². The number of carbonyl (C=O) groups excluding carboxylic acids is 2. The van der Waals surface area contributed by atoms with Crippen LogP contribution in [0.3, 0.4) is 0 Å². The molecule has 0 saturated heterocycles. The highest BCUT2D eigenvalue weighted by molar-refractivity contribution is 5.78. The molecule has 0 unspecified atom stereocenters. The molecular formula is C17H37N7O2. The molecule has 0 aromatic rings. The molecule has 0 bridgehead atoms. The van der Waals surface area contributed by atoms with Gasteiger partial charge in [-0.3, -0.25) is 19.5 Å². The summed E-state index contributed by atoms with van der Waals surface area (Å²) in [5.41, 5.74) is 16.2. The van der Waals surface area contributed by atoms with Crippen LogP contribution in [0.5, 0.6) is 0 Å². The third-order valence-electron chi connectivity index (χ3n) is 3.72. The highest BCUT2D eigenvalue weighted by Gasteiger charge is 2.21. The molecule has 26 heavy (non-hydrogen) atoms. The largest absolute Gasteiger partial charge is 0.370 e. The Labute approximate surface area is 157 Å². The number of guanidine groups is 1. The SMILES string of the molecule is CC(C)CC(=O)NCNC(=O)CCN(CCCCN=C(N)N)C(C)(C)N. The number of hydrogen-bond donors (Lipinski definition) is 5. The maximum atomic E-state index is 12.0. The number of hydrogen-bond acceptors (Lipinski definition) is 5. The molecular weight excluding hydrogens is 334 g/mol. The van der Waals surface area contributed by atoms with Crippen LogP contribution in [0.1, 0.15) is 53.4 Å². The van der Waals surface area contributed by atoms with Crippen LogP contribution in [0.4, 0.5) is 0 Å². The van der Waals surface area contributed by atoms with Crippen molar-refractivity contribution in [1.29, 1.82) is 0 Å². The number of unbranched alkanes of at least 4 members (excludes halogenated alkanes) is 1. The van der Waals surface area contributed by atoms with E-state index in [4.69, 9.17) is 17.2 Å². The van der Waals surface area contributed by atoms with Gasteiger partial charge in [0.15, 0.2) is 5.96 Å². The average molecular weight is 372 g/mol. The van der Waals surface area contributed by atoms with Crippen LogP contribution in [0.25, 0.3) is 0 Å². The topological polar surface area (TPSA) is 152 Å². The predicted octanol–water partition coefficient (Wildman–Crippen LogP) is -0.337. The van der Waals surface area contributed by atoms with E-state index in [1.54, 1.807) is 0 Å². The molecule has 9 heteroatoms. The molecule has 0 heterocycles. The minimum atomic E-state index is -0.526. The molecule has 0 aliphatic carbocycles. The molecule has 2 amide bonds. The van der Waals surface area contributed by atoms with Gasteiger partial charge in [-0.25, -0.2) is 0 Å². The summed E-state index contributed by atoms with van der Waals surface area (Å²) in [6.07, 6.45) is 2.49. The summed E-state index contributed by atoms with van der Waals surface area (Å²) >= 11 is 0. The van der Waals surface area contributed by atoms with Crippen LogP contribution in [-0.2, 0) is 9.59 Å².